The highest BCUT2D eigenvalue weighted by molar-refractivity contribution is 7.92. The van der Waals surface area contributed by atoms with E-state index in [9.17, 15) is 8.42 Å². The first kappa shape index (κ1) is 22.6. The lowest BCUT2D eigenvalue weighted by atomic mass is 10.1. The summed E-state index contributed by atoms with van der Waals surface area (Å²) in [6.45, 7) is 17.7. The van der Waals surface area contributed by atoms with Crippen molar-refractivity contribution in [2.24, 2.45) is 5.92 Å². The van der Waals surface area contributed by atoms with Crippen LogP contribution in [0.5, 0.6) is 0 Å². The molecular formula is C21H36O4SSi. The molecule has 6 heteroatoms. The van der Waals surface area contributed by atoms with Crippen molar-refractivity contribution >= 4 is 18.2 Å². The molecule has 0 radical (unpaired) electrons. The molecule has 0 spiro atoms. The van der Waals surface area contributed by atoms with E-state index in [0.717, 1.165) is 0 Å². The molecule has 0 N–H and O–H groups in total. The molecule has 1 saturated heterocycles. The van der Waals surface area contributed by atoms with Crippen molar-refractivity contribution in [3.8, 4) is 0 Å². The van der Waals surface area contributed by atoms with E-state index in [0.29, 0.717) is 21.5 Å². The van der Waals surface area contributed by atoms with Crippen molar-refractivity contribution in [2.75, 3.05) is 0 Å². The Labute approximate surface area is 166 Å². The second-order valence-corrected chi connectivity index (χ2v) is 16.4. The number of hydrogen-bond acceptors (Lipinski definition) is 4. The van der Waals surface area contributed by atoms with Crippen LogP contribution in [0.3, 0.4) is 0 Å². The van der Waals surface area contributed by atoms with Crippen molar-refractivity contribution in [1.82, 2.24) is 0 Å². The van der Waals surface area contributed by atoms with E-state index in [4.69, 9.17) is 9.16 Å². The molecule has 0 aromatic heterocycles. The van der Waals surface area contributed by atoms with Gasteiger partial charge in [0.25, 0.3) is 0 Å². The van der Waals surface area contributed by atoms with Gasteiger partial charge in [0.15, 0.2) is 5.44 Å². The summed E-state index contributed by atoms with van der Waals surface area (Å²) >= 11 is 0. The molecule has 0 unspecified atom stereocenters. The van der Waals surface area contributed by atoms with Gasteiger partial charge in [-0.05, 0) is 34.7 Å². The largest absolute Gasteiger partial charge is 0.410 e. The molecule has 4 nitrogen and oxygen atoms in total. The minimum Gasteiger partial charge on any atom is -0.410 e. The SMILES string of the molecule is CC(C)[C@H](O[Si](C(C)C)(C(C)C)C(C)C)[C@@H]1O[C@H]1S(=O)(=O)c1ccccc1. The summed E-state index contributed by atoms with van der Waals surface area (Å²) in [4.78, 5) is 0.320. The van der Waals surface area contributed by atoms with Gasteiger partial charge in [-0.25, -0.2) is 8.42 Å². The summed E-state index contributed by atoms with van der Waals surface area (Å²) in [5.74, 6) is 0.189. The fraction of sp³-hybridized carbons (Fsp3) is 0.714. The number of hydrogen-bond donors (Lipinski definition) is 0. The molecule has 0 bridgehead atoms. The van der Waals surface area contributed by atoms with Gasteiger partial charge in [0.05, 0.1) is 11.0 Å². The van der Waals surface area contributed by atoms with Crippen LogP contribution in [0.15, 0.2) is 35.2 Å². The van der Waals surface area contributed by atoms with Crippen molar-refractivity contribution in [1.29, 1.82) is 0 Å². The molecule has 1 aromatic rings. The molecule has 0 saturated carbocycles. The zero-order valence-corrected chi connectivity index (χ0v) is 19.8. The van der Waals surface area contributed by atoms with Gasteiger partial charge in [0.1, 0.15) is 6.10 Å². The van der Waals surface area contributed by atoms with Gasteiger partial charge in [-0.1, -0.05) is 73.6 Å². The van der Waals surface area contributed by atoms with E-state index in [2.05, 4.69) is 55.4 Å². The minimum atomic E-state index is -3.50. The predicted molar refractivity (Wildman–Crippen MR) is 113 cm³/mol. The average molecular weight is 413 g/mol. The standard InChI is InChI=1S/C21H36O4SSi/c1-14(2)19(25-27(15(3)4,16(5)6)17(7)8)20-21(24-20)26(22,23)18-12-10-9-11-13-18/h9-17,19-21H,1-8H3/t19-,20-,21-/m0/s1. The number of benzene rings is 1. The van der Waals surface area contributed by atoms with Gasteiger partial charge in [-0.3, -0.25) is 0 Å². The lowest BCUT2D eigenvalue weighted by Gasteiger charge is -2.45. The Morgan fingerprint density at radius 2 is 1.37 bits per heavy atom. The highest BCUT2D eigenvalue weighted by Gasteiger charge is 2.58. The van der Waals surface area contributed by atoms with Gasteiger partial charge in [-0.2, -0.15) is 0 Å². The van der Waals surface area contributed by atoms with Crippen LogP contribution < -0.4 is 0 Å². The molecule has 1 heterocycles. The van der Waals surface area contributed by atoms with Crippen LogP contribution in [0.2, 0.25) is 16.6 Å². The second-order valence-electron chi connectivity index (χ2n) is 8.97. The van der Waals surface area contributed by atoms with Gasteiger partial charge in [0.2, 0.25) is 18.2 Å². The second kappa shape index (κ2) is 8.35. The Morgan fingerprint density at radius 3 is 1.78 bits per heavy atom. The van der Waals surface area contributed by atoms with E-state index in [1.54, 1.807) is 24.3 Å². The summed E-state index contributed by atoms with van der Waals surface area (Å²) in [5.41, 5.74) is 0.538. The topological polar surface area (TPSA) is 55.9 Å². The van der Waals surface area contributed by atoms with Crippen LogP contribution in [-0.4, -0.2) is 34.4 Å². The van der Waals surface area contributed by atoms with Crippen LogP contribution in [0.25, 0.3) is 0 Å². The fourth-order valence-electron chi connectivity index (χ4n) is 4.56. The zero-order valence-electron chi connectivity index (χ0n) is 18.0. The third-order valence-electron chi connectivity index (χ3n) is 5.89. The normalized spacial score (nSPS) is 22.1. The summed E-state index contributed by atoms with van der Waals surface area (Å²) in [7, 11) is -5.62. The highest BCUT2D eigenvalue weighted by atomic mass is 32.2. The maximum Gasteiger partial charge on any atom is 0.207 e. The van der Waals surface area contributed by atoms with E-state index >= 15 is 0 Å². The van der Waals surface area contributed by atoms with Crippen molar-refractivity contribution in [2.45, 2.75) is 94.6 Å². The zero-order chi connectivity index (χ0) is 20.6. The Kier molecular flexibility index (Phi) is 6.99. The molecule has 27 heavy (non-hydrogen) atoms. The van der Waals surface area contributed by atoms with Crippen LogP contribution >= 0.6 is 0 Å². The predicted octanol–water partition coefficient (Wildman–Crippen LogP) is 5.40. The summed E-state index contributed by atoms with van der Waals surface area (Å²) in [5, 5.41) is 0. The Bertz CT molecular complexity index is 691. The van der Waals surface area contributed by atoms with Crippen LogP contribution in [0.1, 0.15) is 55.4 Å². The summed E-state index contributed by atoms with van der Waals surface area (Å²) in [6.07, 6.45) is -0.592. The maximum atomic E-state index is 12.9. The minimum absolute atomic E-state index is 0.189. The number of rotatable bonds is 9. The Morgan fingerprint density at radius 1 is 0.889 bits per heavy atom. The van der Waals surface area contributed by atoms with E-state index in [1.807, 2.05) is 6.07 Å². The molecule has 3 atom stereocenters. The lowest BCUT2D eigenvalue weighted by molar-refractivity contribution is 0.0963. The summed E-state index contributed by atoms with van der Waals surface area (Å²) < 4.78 is 38.5. The summed E-state index contributed by atoms with van der Waals surface area (Å²) in [6, 6.07) is 8.57. The molecule has 2 rings (SSSR count). The molecule has 1 fully saturated rings. The van der Waals surface area contributed by atoms with Crippen LogP contribution in [0.4, 0.5) is 0 Å². The number of sulfone groups is 1. The van der Waals surface area contributed by atoms with Crippen molar-refractivity contribution in [3.63, 3.8) is 0 Å². The monoisotopic (exact) mass is 412 g/mol. The maximum absolute atomic E-state index is 12.9. The first-order chi connectivity index (χ1) is 12.5. The van der Waals surface area contributed by atoms with E-state index < -0.39 is 29.7 Å². The molecule has 0 aliphatic carbocycles. The quantitative estimate of drug-likeness (QED) is 0.402. The van der Waals surface area contributed by atoms with Gasteiger partial charge < -0.3 is 9.16 Å². The first-order valence-corrected chi connectivity index (χ1v) is 13.8. The molecular weight excluding hydrogens is 376 g/mol. The first-order valence-electron chi connectivity index (χ1n) is 10.1. The van der Waals surface area contributed by atoms with Gasteiger partial charge in [-0.15, -0.1) is 0 Å². The number of ether oxygens (including phenoxy) is 1. The Balaban J connectivity index is 2.30. The lowest BCUT2D eigenvalue weighted by Crippen LogP contribution is -2.52. The molecule has 1 aliphatic heterocycles. The van der Waals surface area contributed by atoms with Gasteiger partial charge in [0, 0.05) is 0 Å². The fourth-order valence-corrected chi connectivity index (χ4v) is 11.8. The van der Waals surface area contributed by atoms with E-state index in [-0.39, 0.29) is 12.0 Å². The smallest absolute Gasteiger partial charge is 0.207 e. The Hall–Kier alpha value is -0.693. The third-order valence-corrected chi connectivity index (χ3v) is 13.9. The third kappa shape index (κ3) is 4.34. The van der Waals surface area contributed by atoms with Crippen LogP contribution in [-0.2, 0) is 19.0 Å². The van der Waals surface area contributed by atoms with E-state index in [1.165, 1.54) is 0 Å². The van der Waals surface area contributed by atoms with Crippen molar-refractivity contribution < 1.29 is 17.6 Å². The molecule has 1 aromatic carbocycles. The highest BCUT2D eigenvalue weighted by Crippen LogP contribution is 2.47. The molecule has 154 valence electrons. The van der Waals surface area contributed by atoms with Crippen LogP contribution in [0, 0.1) is 5.92 Å². The molecule has 1 aliphatic rings. The van der Waals surface area contributed by atoms with Gasteiger partial charge >= 0.3 is 0 Å². The van der Waals surface area contributed by atoms with Crippen molar-refractivity contribution in [3.05, 3.63) is 30.3 Å². The molecule has 0 amide bonds. The average Bonchev–Trinajstić information content (AvgIpc) is 3.36. The number of epoxide rings is 1.